The van der Waals surface area contributed by atoms with E-state index in [1.807, 2.05) is 6.92 Å². The monoisotopic (exact) mass is 288 g/mol. The molecule has 0 fully saturated rings. The minimum atomic E-state index is 0.0324. The molecule has 0 bridgehead atoms. The largest absolute Gasteiger partial charge is 0.298 e. The molecule has 0 saturated carbocycles. The Hall–Kier alpha value is -0.710. The summed E-state index contributed by atoms with van der Waals surface area (Å²) in [5.74, 6) is 0.0324. The average Bonchev–Trinajstić information content (AvgIpc) is 2.09. The lowest BCUT2D eigenvalue weighted by Gasteiger charge is -2.05. The number of hydrogen-bond donors (Lipinski definition) is 0. The number of ketones is 1. The Kier molecular flexibility index (Phi) is 3.19. The van der Waals surface area contributed by atoms with Crippen molar-refractivity contribution >= 4 is 34.7 Å². The first-order chi connectivity index (χ1) is 6.07. The van der Waals surface area contributed by atoms with Crippen LogP contribution in [0.1, 0.15) is 33.2 Å². The molecule has 1 rings (SSSR count). The van der Waals surface area contributed by atoms with E-state index >= 15 is 0 Å². The van der Waals surface area contributed by atoms with E-state index in [9.17, 15) is 9.59 Å². The first kappa shape index (κ1) is 10.4. The summed E-state index contributed by atoms with van der Waals surface area (Å²) in [6.45, 7) is 3.37. The molecule has 0 aromatic heterocycles. The van der Waals surface area contributed by atoms with Crippen molar-refractivity contribution in [3.8, 4) is 0 Å². The molecular formula is C10H9IO2. The summed E-state index contributed by atoms with van der Waals surface area (Å²) in [6.07, 6.45) is 0.807. The van der Waals surface area contributed by atoms with Crippen LogP contribution in [0.25, 0.3) is 0 Å². The molecule has 2 nitrogen and oxygen atoms in total. The molecule has 0 amide bonds. The first-order valence-electron chi connectivity index (χ1n) is 3.83. The van der Waals surface area contributed by atoms with Gasteiger partial charge in [0.25, 0.3) is 0 Å². The standard InChI is InChI=1S/C10H9IO2/c1-6-8(5-12)3-4-9(7(2)13)10(6)11/h3-5H,1-2H3. The predicted octanol–water partition coefficient (Wildman–Crippen LogP) is 2.61. The Morgan fingerprint density at radius 2 is 2.08 bits per heavy atom. The molecule has 0 atom stereocenters. The molecule has 0 radical (unpaired) electrons. The normalized spacial score (nSPS) is 9.77. The van der Waals surface area contributed by atoms with Gasteiger partial charge in [-0.1, -0.05) is 6.07 Å². The topological polar surface area (TPSA) is 34.1 Å². The zero-order valence-electron chi connectivity index (χ0n) is 7.43. The number of rotatable bonds is 2. The van der Waals surface area contributed by atoms with Crippen LogP contribution < -0.4 is 0 Å². The van der Waals surface area contributed by atoms with Gasteiger partial charge in [0.15, 0.2) is 5.78 Å². The number of hydrogen-bond acceptors (Lipinski definition) is 2. The number of aldehydes is 1. The van der Waals surface area contributed by atoms with Gasteiger partial charge < -0.3 is 0 Å². The molecule has 0 unspecified atom stereocenters. The average molecular weight is 288 g/mol. The van der Waals surface area contributed by atoms with Crippen molar-refractivity contribution in [3.63, 3.8) is 0 Å². The van der Waals surface area contributed by atoms with E-state index in [4.69, 9.17) is 0 Å². The van der Waals surface area contributed by atoms with E-state index in [0.717, 1.165) is 15.4 Å². The highest BCUT2D eigenvalue weighted by Crippen LogP contribution is 2.20. The van der Waals surface area contributed by atoms with Gasteiger partial charge in [-0.15, -0.1) is 0 Å². The number of benzene rings is 1. The fourth-order valence-corrected chi connectivity index (χ4v) is 1.97. The lowest BCUT2D eigenvalue weighted by atomic mass is 10.0. The lowest BCUT2D eigenvalue weighted by Crippen LogP contribution is -2.00. The maximum Gasteiger partial charge on any atom is 0.160 e. The van der Waals surface area contributed by atoms with Crippen molar-refractivity contribution < 1.29 is 9.59 Å². The van der Waals surface area contributed by atoms with Crippen LogP contribution in [-0.4, -0.2) is 12.1 Å². The smallest absolute Gasteiger partial charge is 0.160 e. The Balaban J connectivity index is 3.39. The van der Waals surface area contributed by atoms with E-state index in [1.165, 1.54) is 6.92 Å². The highest BCUT2D eigenvalue weighted by Gasteiger charge is 2.09. The van der Waals surface area contributed by atoms with Crippen molar-refractivity contribution in [2.24, 2.45) is 0 Å². The van der Waals surface area contributed by atoms with Crippen LogP contribution in [0.3, 0.4) is 0 Å². The van der Waals surface area contributed by atoms with Crippen LogP contribution in [0, 0.1) is 10.5 Å². The van der Waals surface area contributed by atoms with Crippen LogP contribution in [0.15, 0.2) is 12.1 Å². The maximum absolute atomic E-state index is 11.1. The summed E-state index contributed by atoms with van der Waals surface area (Å²) in [6, 6.07) is 3.38. The quantitative estimate of drug-likeness (QED) is 0.476. The third kappa shape index (κ3) is 1.96. The van der Waals surface area contributed by atoms with Crippen LogP contribution in [-0.2, 0) is 0 Å². The zero-order valence-corrected chi connectivity index (χ0v) is 9.58. The van der Waals surface area contributed by atoms with E-state index < -0.39 is 0 Å². The molecule has 13 heavy (non-hydrogen) atoms. The first-order valence-corrected chi connectivity index (χ1v) is 4.91. The maximum atomic E-state index is 11.1. The zero-order chi connectivity index (χ0) is 10.0. The van der Waals surface area contributed by atoms with Gasteiger partial charge in [-0.25, -0.2) is 0 Å². The van der Waals surface area contributed by atoms with E-state index in [2.05, 4.69) is 22.6 Å². The Morgan fingerprint density at radius 1 is 1.46 bits per heavy atom. The van der Waals surface area contributed by atoms with Crippen LogP contribution in [0.2, 0.25) is 0 Å². The molecule has 0 aliphatic rings. The summed E-state index contributed by atoms with van der Waals surface area (Å²) in [5.41, 5.74) is 2.21. The highest BCUT2D eigenvalue weighted by atomic mass is 127. The second-order valence-electron chi connectivity index (χ2n) is 2.82. The van der Waals surface area contributed by atoms with Crippen molar-refractivity contribution in [2.45, 2.75) is 13.8 Å². The van der Waals surface area contributed by atoms with Gasteiger partial charge >= 0.3 is 0 Å². The SMILES string of the molecule is CC(=O)c1ccc(C=O)c(C)c1I. The summed E-state index contributed by atoms with van der Waals surface area (Å²) < 4.78 is 0.870. The van der Waals surface area contributed by atoms with Gasteiger partial charge in [-0.05, 0) is 48.1 Å². The van der Waals surface area contributed by atoms with Gasteiger partial charge in [0, 0.05) is 14.7 Å². The number of carbonyl (C=O) groups is 2. The van der Waals surface area contributed by atoms with E-state index in [0.29, 0.717) is 11.1 Å². The predicted molar refractivity (Wildman–Crippen MR) is 59.3 cm³/mol. The fraction of sp³-hybridized carbons (Fsp3) is 0.200. The lowest BCUT2D eigenvalue weighted by molar-refractivity contribution is 0.101. The minimum Gasteiger partial charge on any atom is -0.298 e. The van der Waals surface area contributed by atoms with Gasteiger partial charge in [-0.3, -0.25) is 9.59 Å². The van der Waals surface area contributed by atoms with Crippen LogP contribution in [0.5, 0.6) is 0 Å². The Labute approximate surface area is 90.5 Å². The molecule has 0 aliphatic heterocycles. The van der Waals surface area contributed by atoms with Crippen LogP contribution in [0.4, 0.5) is 0 Å². The van der Waals surface area contributed by atoms with Gasteiger partial charge in [0.1, 0.15) is 6.29 Å². The third-order valence-corrected chi connectivity index (χ3v) is 3.32. The highest BCUT2D eigenvalue weighted by molar-refractivity contribution is 14.1. The molecule has 68 valence electrons. The van der Waals surface area contributed by atoms with E-state index in [1.54, 1.807) is 12.1 Å². The third-order valence-electron chi connectivity index (χ3n) is 1.93. The van der Waals surface area contributed by atoms with Gasteiger partial charge in [0.2, 0.25) is 0 Å². The number of carbonyl (C=O) groups excluding carboxylic acids is 2. The second kappa shape index (κ2) is 4.00. The van der Waals surface area contributed by atoms with E-state index in [-0.39, 0.29) is 5.78 Å². The molecular weight excluding hydrogens is 279 g/mol. The Bertz CT molecular complexity index is 369. The molecule has 1 aromatic carbocycles. The fourth-order valence-electron chi connectivity index (χ4n) is 1.10. The molecule has 3 heteroatoms. The van der Waals surface area contributed by atoms with Crippen molar-refractivity contribution in [3.05, 3.63) is 32.4 Å². The molecule has 0 N–H and O–H groups in total. The second-order valence-corrected chi connectivity index (χ2v) is 3.89. The molecule has 0 aliphatic carbocycles. The molecule has 0 saturated heterocycles. The Morgan fingerprint density at radius 3 is 2.54 bits per heavy atom. The summed E-state index contributed by atoms with van der Waals surface area (Å²) >= 11 is 2.09. The molecule has 1 aromatic rings. The van der Waals surface area contributed by atoms with Gasteiger partial charge in [-0.2, -0.15) is 0 Å². The summed E-state index contributed by atoms with van der Waals surface area (Å²) in [7, 11) is 0. The molecule has 0 spiro atoms. The van der Waals surface area contributed by atoms with Gasteiger partial charge in [0.05, 0.1) is 0 Å². The van der Waals surface area contributed by atoms with Crippen molar-refractivity contribution in [1.29, 1.82) is 0 Å². The summed E-state index contributed by atoms with van der Waals surface area (Å²) in [5, 5.41) is 0. The van der Waals surface area contributed by atoms with Crippen molar-refractivity contribution in [1.82, 2.24) is 0 Å². The van der Waals surface area contributed by atoms with Crippen LogP contribution >= 0.6 is 22.6 Å². The summed E-state index contributed by atoms with van der Waals surface area (Å²) in [4.78, 5) is 21.7. The molecule has 0 heterocycles. The number of Topliss-reactive ketones (excluding diaryl/α,β-unsaturated/α-hetero) is 1. The van der Waals surface area contributed by atoms with Crippen molar-refractivity contribution in [2.75, 3.05) is 0 Å². The minimum absolute atomic E-state index is 0.0324. The number of halogens is 1.